The average molecular weight is 392 g/mol. The van der Waals surface area contributed by atoms with Gasteiger partial charge in [0.25, 0.3) is 0 Å². The van der Waals surface area contributed by atoms with E-state index in [9.17, 15) is 0 Å². The summed E-state index contributed by atoms with van der Waals surface area (Å²) in [5.74, 6) is 1.12. The van der Waals surface area contributed by atoms with Crippen LogP contribution >= 0.6 is 22.6 Å². The molecule has 0 unspecified atom stereocenters. The van der Waals surface area contributed by atoms with Gasteiger partial charge in [-0.15, -0.1) is 0 Å². The topological polar surface area (TPSA) is 38.1 Å². The van der Waals surface area contributed by atoms with Crippen LogP contribution in [0.15, 0.2) is 47.0 Å². The molecular formula is C17H17IN2O. The van der Waals surface area contributed by atoms with Crippen molar-refractivity contribution in [3.05, 3.63) is 63.2 Å². The summed E-state index contributed by atoms with van der Waals surface area (Å²) >= 11 is 2.26. The zero-order valence-corrected chi connectivity index (χ0v) is 14.1. The van der Waals surface area contributed by atoms with Crippen LogP contribution in [0, 0.1) is 10.5 Å². The summed E-state index contributed by atoms with van der Waals surface area (Å²) in [6.45, 7) is 3.95. The quantitative estimate of drug-likeness (QED) is 0.586. The normalized spacial score (nSPS) is 13.4. The molecule has 2 aromatic heterocycles. The number of aromatic nitrogens is 1. The molecule has 0 fully saturated rings. The fourth-order valence-corrected chi connectivity index (χ4v) is 2.79. The standard InChI is InChI=1S/C11H11NO.C6H6IN/c1-2-4-10-8(3-1)9-5-6-12-7-11(9)13-10;1-5-6(7)3-2-4-8-5/h1-4,12H,5-7H2;2-4H,1H3. The minimum absolute atomic E-state index is 0.879. The number of furan rings is 1. The number of nitrogens with one attached hydrogen (secondary N) is 1. The summed E-state index contributed by atoms with van der Waals surface area (Å²) in [5, 5.41) is 4.60. The maximum Gasteiger partial charge on any atom is 0.134 e. The largest absolute Gasteiger partial charge is 0.459 e. The Morgan fingerprint density at radius 1 is 1.19 bits per heavy atom. The van der Waals surface area contributed by atoms with Crippen LogP contribution in [0.25, 0.3) is 11.0 Å². The smallest absolute Gasteiger partial charge is 0.134 e. The average Bonchev–Trinajstić information content (AvgIpc) is 2.90. The van der Waals surface area contributed by atoms with Crippen molar-refractivity contribution < 1.29 is 4.42 Å². The number of hydrogen-bond donors (Lipinski definition) is 1. The first-order valence-electron chi connectivity index (χ1n) is 7.03. The molecule has 0 spiro atoms. The van der Waals surface area contributed by atoms with E-state index < -0.39 is 0 Å². The van der Waals surface area contributed by atoms with E-state index in [1.165, 1.54) is 14.5 Å². The molecule has 3 nitrogen and oxygen atoms in total. The summed E-state index contributed by atoms with van der Waals surface area (Å²) in [6, 6.07) is 12.2. The van der Waals surface area contributed by atoms with Gasteiger partial charge in [-0.2, -0.15) is 0 Å². The third-order valence-electron chi connectivity index (χ3n) is 3.56. The molecule has 3 aromatic rings. The Morgan fingerprint density at radius 3 is 2.81 bits per heavy atom. The lowest BCUT2D eigenvalue weighted by atomic mass is 10.1. The van der Waals surface area contributed by atoms with Gasteiger partial charge < -0.3 is 9.73 Å². The number of pyridine rings is 1. The van der Waals surface area contributed by atoms with Crippen LogP contribution in [0.1, 0.15) is 17.0 Å². The van der Waals surface area contributed by atoms with Crippen molar-refractivity contribution >= 4 is 33.6 Å². The fraction of sp³-hybridized carbons (Fsp3) is 0.235. The van der Waals surface area contributed by atoms with Crippen molar-refractivity contribution in [3.8, 4) is 0 Å². The maximum absolute atomic E-state index is 5.73. The molecule has 0 aliphatic carbocycles. The molecule has 0 bridgehead atoms. The second-order valence-corrected chi connectivity index (χ2v) is 6.16. The highest BCUT2D eigenvalue weighted by molar-refractivity contribution is 14.1. The molecule has 1 aromatic carbocycles. The predicted octanol–water partition coefficient (Wildman–Crippen LogP) is 4.07. The molecule has 0 atom stereocenters. The van der Waals surface area contributed by atoms with Gasteiger partial charge in [0.05, 0.1) is 12.2 Å². The molecule has 4 heteroatoms. The first kappa shape index (κ1) is 14.5. The van der Waals surface area contributed by atoms with Crippen LogP contribution in [0.4, 0.5) is 0 Å². The second kappa shape index (κ2) is 6.58. The Morgan fingerprint density at radius 2 is 2.05 bits per heavy atom. The highest BCUT2D eigenvalue weighted by Gasteiger charge is 2.16. The van der Waals surface area contributed by atoms with Crippen molar-refractivity contribution in [1.82, 2.24) is 10.3 Å². The number of hydrogen-bond acceptors (Lipinski definition) is 3. The summed E-state index contributed by atoms with van der Waals surface area (Å²) in [4.78, 5) is 4.07. The van der Waals surface area contributed by atoms with E-state index in [1.54, 1.807) is 6.20 Å². The summed E-state index contributed by atoms with van der Waals surface area (Å²) in [7, 11) is 0. The van der Waals surface area contributed by atoms with Crippen LogP contribution < -0.4 is 5.32 Å². The highest BCUT2D eigenvalue weighted by atomic mass is 127. The molecular weight excluding hydrogens is 375 g/mol. The third-order valence-corrected chi connectivity index (χ3v) is 4.70. The monoisotopic (exact) mass is 392 g/mol. The molecule has 1 N–H and O–H groups in total. The first-order chi connectivity index (χ1) is 10.3. The van der Waals surface area contributed by atoms with Crippen LogP contribution in [0.3, 0.4) is 0 Å². The van der Waals surface area contributed by atoms with Crippen LogP contribution in [-0.2, 0) is 13.0 Å². The van der Waals surface area contributed by atoms with E-state index in [-0.39, 0.29) is 0 Å². The summed E-state index contributed by atoms with van der Waals surface area (Å²) in [6.07, 6.45) is 2.89. The van der Waals surface area contributed by atoms with E-state index >= 15 is 0 Å². The van der Waals surface area contributed by atoms with Gasteiger partial charge in [0.1, 0.15) is 11.3 Å². The lowest BCUT2D eigenvalue weighted by molar-refractivity contribution is 0.488. The number of fused-ring (bicyclic) bond motifs is 3. The zero-order valence-electron chi connectivity index (χ0n) is 11.9. The minimum atomic E-state index is 0.879. The molecule has 108 valence electrons. The summed E-state index contributed by atoms with van der Waals surface area (Å²) in [5.41, 5.74) is 3.53. The van der Waals surface area contributed by atoms with Gasteiger partial charge in [0.15, 0.2) is 0 Å². The van der Waals surface area contributed by atoms with Gasteiger partial charge in [0.2, 0.25) is 0 Å². The molecule has 0 radical (unpaired) electrons. The van der Waals surface area contributed by atoms with Crippen LogP contribution in [0.2, 0.25) is 0 Å². The van der Waals surface area contributed by atoms with Gasteiger partial charge in [-0.3, -0.25) is 4.98 Å². The lowest BCUT2D eigenvalue weighted by Gasteiger charge is -2.10. The molecule has 0 amide bonds. The molecule has 21 heavy (non-hydrogen) atoms. The highest BCUT2D eigenvalue weighted by Crippen LogP contribution is 2.27. The molecule has 0 saturated heterocycles. The van der Waals surface area contributed by atoms with Crippen molar-refractivity contribution in [1.29, 1.82) is 0 Å². The molecule has 1 aliphatic rings. The summed E-state index contributed by atoms with van der Waals surface area (Å²) < 4.78 is 6.95. The Labute approximate surface area is 137 Å². The van der Waals surface area contributed by atoms with Crippen molar-refractivity contribution in [2.75, 3.05) is 6.54 Å². The van der Waals surface area contributed by atoms with Crippen molar-refractivity contribution in [3.63, 3.8) is 0 Å². The van der Waals surface area contributed by atoms with Crippen molar-refractivity contribution in [2.45, 2.75) is 19.9 Å². The molecule has 3 heterocycles. The zero-order chi connectivity index (χ0) is 14.7. The Balaban J connectivity index is 0.000000143. The Bertz CT molecular complexity index is 730. The van der Waals surface area contributed by atoms with Crippen LogP contribution in [0.5, 0.6) is 0 Å². The number of para-hydroxylation sites is 1. The lowest BCUT2D eigenvalue weighted by Crippen LogP contribution is -2.22. The van der Waals surface area contributed by atoms with E-state index in [1.807, 2.05) is 31.2 Å². The predicted molar refractivity (Wildman–Crippen MR) is 93.3 cm³/mol. The van der Waals surface area contributed by atoms with Gasteiger partial charge in [-0.1, -0.05) is 18.2 Å². The first-order valence-corrected chi connectivity index (χ1v) is 8.10. The number of nitrogens with zero attached hydrogens (tertiary/aromatic N) is 1. The van der Waals surface area contributed by atoms with E-state index in [2.05, 4.69) is 45.0 Å². The second-order valence-electron chi connectivity index (χ2n) is 5.00. The fourth-order valence-electron chi connectivity index (χ4n) is 2.45. The number of halogens is 1. The number of aryl methyl sites for hydroxylation is 1. The molecule has 1 aliphatic heterocycles. The van der Waals surface area contributed by atoms with Crippen LogP contribution in [-0.4, -0.2) is 11.5 Å². The third kappa shape index (κ3) is 3.27. The SMILES string of the molecule is Cc1ncccc1I.c1ccc2c3c(oc2c1)CNCC3. The van der Waals surface area contributed by atoms with E-state index in [0.29, 0.717) is 0 Å². The number of rotatable bonds is 0. The number of benzene rings is 1. The molecule has 4 rings (SSSR count). The maximum atomic E-state index is 5.73. The molecule has 0 saturated carbocycles. The van der Waals surface area contributed by atoms with Crippen molar-refractivity contribution in [2.24, 2.45) is 0 Å². The van der Waals surface area contributed by atoms with Gasteiger partial charge in [-0.05, 0) is 60.7 Å². The van der Waals surface area contributed by atoms with Gasteiger partial charge in [0, 0.05) is 20.7 Å². The van der Waals surface area contributed by atoms with E-state index in [0.717, 1.165) is 36.5 Å². The van der Waals surface area contributed by atoms with Gasteiger partial charge in [-0.25, -0.2) is 0 Å². The Kier molecular flexibility index (Phi) is 4.55. The van der Waals surface area contributed by atoms with Gasteiger partial charge >= 0.3 is 0 Å². The van der Waals surface area contributed by atoms with E-state index in [4.69, 9.17) is 4.42 Å². The minimum Gasteiger partial charge on any atom is -0.459 e. The Hall–Kier alpha value is -1.40.